The lowest BCUT2D eigenvalue weighted by atomic mass is 10.0. The van der Waals surface area contributed by atoms with E-state index in [-0.39, 0.29) is 18.5 Å². The van der Waals surface area contributed by atoms with Gasteiger partial charge < -0.3 is 20.3 Å². The van der Waals surface area contributed by atoms with E-state index >= 15 is 0 Å². The SMILES string of the molecule is CCCCC/C=C\C/C=C\CCCCCCCCCCCC(=O)OCCCCCCCCCCC/C=C\C/C=C\CCCCCCCCCCCCCCCCCC(=O)NC(CO)C(O)CCCCCCCCCCCCCCCCCCCCCCCC. The highest BCUT2D eigenvalue weighted by Gasteiger charge is 2.20. The largest absolute Gasteiger partial charge is 0.466 e. The van der Waals surface area contributed by atoms with Gasteiger partial charge in [0.25, 0.3) is 0 Å². The Morgan fingerprint density at radius 3 is 0.876 bits per heavy atom. The van der Waals surface area contributed by atoms with Crippen LogP contribution in [0.5, 0.6) is 0 Å². The maximum Gasteiger partial charge on any atom is 0.305 e. The van der Waals surface area contributed by atoms with Crippen LogP contribution in [0.4, 0.5) is 0 Å². The Labute approximate surface area is 556 Å². The second-order valence-electron chi connectivity index (χ2n) is 27.7. The molecule has 0 aromatic carbocycles. The van der Waals surface area contributed by atoms with Crippen molar-refractivity contribution in [1.82, 2.24) is 5.32 Å². The number of hydrogen-bond acceptors (Lipinski definition) is 5. The molecular formula is C83H157NO5. The number of rotatable bonds is 76. The van der Waals surface area contributed by atoms with Crippen molar-refractivity contribution < 1.29 is 24.5 Å². The van der Waals surface area contributed by atoms with E-state index in [1.807, 2.05) is 0 Å². The summed E-state index contributed by atoms with van der Waals surface area (Å²) in [5.74, 6) is -0.0196. The first kappa shape index (κ1) is 86.8. The molecule has 0 fully saturated rings. The third kappa shape index (κ3) is 74.7. The summed E-state index contributed by atoms with van der Waals surface area (Å²) in [6.45, 7) is 4.97. The number of carbonyl (C=O) groups is 2. The Morgan fingerprint density at radius 1 is 0.315 bits per heavy atom. The highest BCUT2D eigenvalue weighted by Crippen LogP contribution is 2.20. The van der Waals surface area contributed by atoms with Gasteiger partial charge in [0.15, 0.2) is 0 Å². The summed E-state index contributed by atoms with van der Waals surface area (Å²) < 4.78 is 5.51. The van der Waals surface area contributed by atoms with Gasteiger partial charge in [-0.3, -0.25) is 9.59 Å². The second-order valence-corrected chi connectivity index (χ2v) is 27.7. The van der Waals surface area contributed by atoms with Crippen LogP contribution in [-0.4, -0.2) is 47.4 Å². The van der Waals surface area contributed by atoms with Crippen LogP contribution in [0, 0.1) is 0 Å². The fourth-order valence-corrected chi connectivity index (χ4v) is 12.7. The molecule has 0 aromatic heterocycles. The minimum Gasteiger partial charge on any atom is -0.466 e. The van der Waals surface area contributed by atoms with Gasteiger partial charge in [-0.2, -0.15) is 0 Å². The molecule has 0 saturated heterocycles. The number of amides is 1. The Kier molecular flexibility index (Phi) is 76.3. The molecule has 0 aliphatic rings. The van der Waals surface area contributed by atoms with Gasteiger partial charge in [-0.05, 0) is 89.9 Å². The monoisotopic (exact) mass is 1250 g/mol. The molecule has 0 heterocycles. The number of aliphatic hydroxyl groups excluding tert-OH is 2. The van der Waals surface area contributed by atoms with E-state index in [2.05, 4.69) is 67.8 Å². The van der Waals surface area contributed by atoms with Crippen LogP contribution in [0.3, 0.4) is 0 Å². The van der Waals surface area contributed by atoms with E-state index in [0.29, 0.717) is 25.9 Å². The molecule has 0 bridgehead atoms. The molecule has 0 spiro atoms. The van der Waals surface area contributed by atoms with Crippen molar-refractivity contribution in [2.45, 2.75) is 456 Å². The van der Waals surface area contributed by atoms with Crippen LogP contribution in [0.1, 0.15) is 444 Å². The van der Waals surface area contributed by atoms with Crippen molar-refractivity contribution in [3.05, 3.63) is 48.6 Å². The van der Waals surface area contributed by atoms with Crippen molar-refractivity contribution in [3.8, 4) is 0 Å². The summed E-state index contributed by atoms with van der Waals surface area (Å²) in [6, 6.07) is -0.543. The van der Waals surface area contributed by atoms with Crippen LogP contribution < -0.4 is 5.32 Å². The quantitative estimate of drug-likeness (QED) is 0.0320. The van der Waals surface area contributed by atoms with Gasteiger partial charge in [0.05, 0.1) is 25.4 Å². The highest BCUT2D eigenvalue weighted by molar-refractivity contribution is 5.76. The Bertz CT molecular complexity index is 1490. The summed E-state index contributed by atoms with van der Waals surface area (Å²) in [5, 5.41) is 23.5. The zero-order valence-electron chi connectivity index (χ0n) is 60.2. The molecule has 524 valence electrons. The van der Waals surface area contributed by atoms with E-state index < -0.39 is 12.1 Å². The number of allylic oxidation sites excluding steroid dienone is 8. The molecule has 2 unspecified atom stereocenters. The zero-order chi connectivity index (χ0) is 64.2. The maximum absolute atomic E-state index is 12.6. The second kappa shape index (κ2) is 78.3. The van der Waals surface area contributed by atoms with Gasteiger partial charge in [-0.1, -0.05) is 390 Å². The smallest absolute Gasteiger partial charge is 0.305 e. The summed E-state index contributed by atoms with van der Waals surface area (Å²) >= 11 is 0. The van der Waals surface area contributed by atoms with Gasteiger partial charge in [-0.25, -0.2) is 0 Å². The molecule has 0 aliphatic carbocycles. The van der Waals surface area contributed by atoms with Crippen molar-refractivity contribution in [3.63, 3.8) is 0 Å². The lowest BCUT2D eigenvalue weighted by molar-refractivity contribution is -0.143. The van der Waals surface area contributed by atoms with Crippen LogP contribution in [0.2, 0.25) is 0 Å². The van der Waals surface area contributed by atoms with Gasteiger partial charge in [0, 0.05) is 12.8 Å². The van der Waals surface area contributed by atoms with Crippen LogP contribution in [0.25, 0.3) is 0 Å². The summed E-state index contributed by atoms with van der Waals surface area (Å²) in [6.07, 6.45) is 103. The van der Waals surface area contributed by atoms with E-state index in [9.17, 15) is 19.8 Å². The van der Waals surface area contributed by atoms with Gasteiger partial charge >= 0.3 is 5.97 Å². The number of aliphatic hydroxyl groups is 2. The Hall–Kier alpha value is -2.18. The number of ether oxygens (including phenoxy) is 1. The fraction of sp³-hybridized carbons (Fsp3) is 0.880. The van der Waals surface area contributed by atoms with Gasteiger partial charge in [0.1, 0.15) is 0 Å². The normalized spacial score (nSPS) is 12.7. The van der Waals surface area contributed by atoms with Crippen LogP contribution >= 0.6 is 0 Å². The highest BCUT2D eigenvalue weighted by atomic mass is 16.5. The zero-order valence-corrected chi connectivity index (χ0v) is 60.2. The third-order valence-corrected chi connectivity index (χ3v) is 18.9. The van der Waals surface area contributed by atoms with Gasteiger partial charge in [0.2, 0.25) is 5.91 Å². The average molecular weight is 1250 g/mol. The lowest BCUT2D eigenvalue weighted by Gasteiger charge is -2.22. The summed E-state index contributed by atoms with van der Waals surface area (Å²) in [5.41, 5.74) is 0. The summed E-state index contributed by atoms with van der Waals surface area (Å²) in [4.78, 5) is 24.7. The minimum absolute atomic E-state index is 0.0100. The molecule has 0 saturated carbocycles. The van der Waals surface area contributed by atoms with E-state index in [0.717, 1.165) is 57.8 Å². The van der Waals surface area contributed by atoms with Crippen molar-refractivity contribution in [1.29, 1.82) is 0 Å². The first-order chi connectivity index (χ1) is 44.0. The fourth-order valence-electron chi connectivity index (χ4n) is 12.7. The predicted octanol–water partition coefficient (Wildman–Crippen LogP) is 26.8. The molecule has 2 atom stereocenters. The van der Waals surface area contributed by atoms with Crippen LogP contribution in [-0.2, 0) is 14.3 Å². The predicted molar refractivity (Wildman–Crippen MR) is 393 cm³/mol. The Balaban J connectivity index is 3.39. The average Bonchev–Trinajstić information content (AvgIpc) is 3.68. The number of nitrogens with one attached hydrogen (secondary N) is 1. The molecule has 1 amide bonds. The number of unbranched alkanes of at least 4 members (excludes halogenated alkanes) is 57. The van der Waals surface area contributed by atoms with Crippen molar-refractivity contribution in [2.75, 3.05) is 13.2 Å². The molecule has 3 N–H and O–H groups in total. The molecule has 6 heteroatoms. The molecule has 0 aromatic rings. The third-order valence-electron chi connectivity index (χ3n) is 18.9. The molecular weight excluding hydrogens is 1090 g/mol. The summed E-state index contributed by atoms with van der Waals surface area (Å²) in [7, 11) is 0. The minimum atomic E-state index is -0.666. The van der Waals surface area contributed by atoms with Crippen molar-refractivity contribution in [2.24, 2.45) is 0 Å². The molecule has 0 radical (unpaired) electrons. The number of hydrogen-bond donors (Lipinski definition) is 3. The van der Waals surface area contributed by atoms with Crippen LogP contribution in [0.15, 0.2) is 48.6 Å². The Morgan fingerprint density at radius 2 is 0.562 bits per heavy atom. The van der Waals surface area contributed by atoms with E-state index in [1.165, 1.54) is 353 Å². The first-order valence-electron chi connectivity index (χ1n) is 40.4. The molecule has 89 heavy (non-hydrogen) atoms. The lowest BCUT2D eigenvalue weighted by Crippen LogP contribution is -2.45. The number of carbonyl (C=O) groups excluding carboxylic acids is 2. The topological polar surface area (TPSA) is 95.9 Å². The van der Waals surface area contributed by atoms with Crippen molar-refractivity contribution >= 4 is 11.9 Å². The molecule has 0 rings (SSSR count). The molecule has 0 aliphatic heterocycles. The van der Waals surface area contributed by atoms with E-state index in [4.69, 9.17) is 4.74 Å². The van der Waals surface area contributed by atoms with Gasteiger partial charge in [-0.15, -0.1) is 0 Å². The standard InChI is InChI=1S/C83H157NO5/c1-3-5-7-9-11-13-15-17-19-21-23-24-36-40-43-47-51-55-59-63-67-71-75-81(86)80(79-85)84-82(87)76-72-68-64-60-56-52-48-44-41-37-34-32-30-28-26-25-27-29-31-33-35-38-42-46-50-54-58-62-66-70-74-78-89-83(88)77-73-69-65-61-57-53-49-45-39-22-20-18-16-14-12-10-8-6-4-2/h12,14,18,20,27,29,33,35,80-81,85-86H,3-11,13,15-17,19,21-26,28,30-32,34,36-79H2,1-2H3,(H,84,87)/b14-12-,20-18-,29-27-,35-33-. The molecule has 6 nitrogen and oxygen atoms in total. The maximum atomic E-state index is 12.6. The van der Waals surface area contributed by atoms with E-state index in [1.54, 1.807) is 0 Å². The first-order valence-corrected chi connectivity index (χ1v) is 40.4. The number of esters is 1.